The molecule has 0 radical (unpaired) electrons. The summed E-state index contributed by atoms with van der Waals surface area (Å²) in [4.78, 5) is 12.7. The van der Waals surface area contributed by atoms with Gasteiger partial charge in [0.05, 0.1) is 0 Å². The summed E-state index contributed by atoms with van der Waals surface area (Å²) in [5.41, 5.74) is 5.59. The zero-order valence-corrected chi connectivity index (χ0v) is 20.8. The highest BCUT2D eigenvalue weighted by molar-refractivity contribution is 5.87. The van der Waals surface area contributed by atoms with Crippen molar-refractivity contribution in [2.24, 2.45) is 0 Å². The largest absolute Gasteiger partial charge is 0.417 e. The van der Waals surface area contributed by atoms with Crippen LogP contribution < -0.4 is 10.1 Å². The third-order valence-electron chi connectivity index (χ3n) is 6.35. The zero-order chi connectivity index (χ0) is 23.2. The molecule has 2 aromatic rings. The molecule has 0 heterocycles. The first-order chi connectivity index (χ1) is 15.6. The van der Waals surface area contributed by atoms with Gasteiger partial charge in [0.1, 0.15) is 5.75 Å². The van der Waals surface area contributed by atoms with Gasteiger partial charge < -0.3 is 4.74 Å². The lowest BCUT2D eigenvalue weighted by molar-refractivity contribution is 0.214. The third kappa shape index (κ3) is 8.68. The summed E-state index contributed by atoms with van der Waals surface area (Å²) in [6, 6.07) is 12.1. The van der Waals surface area contributed by atoms with Crippen LogP contribution in [0.2, 0.25) is 0 Å². The van der Waals surface area contributed by atoms with Gasteiger partial charge in [-0.05, 0) is 73.9 Å². The number of aryl methyl sites for hydroxylation is 2. The van der Waals surface area contributed by atoms with Gasteiger partial charge in [-0.1, -0.05) is 89.5 Å². The summed E-state index contributed by atoms with van der Waals surface area (Å²) < 4.78 is 5.86. The summed E-state index contributed by atoms with van der Waals surface area (Å²) >= 11 is 0. The van der Waals surface area contributed by atoms with E-state index in [-0.39, 0.29) is 0 Å². The van der Waals surface area contributed by atoms with E-state index in [1.807, 2.05) is 44.2 Å². The summed E-state index contributed by atoms with van der Waals surface area (Å²) in [6.45, 7) is 8.56. The molecule has 0 aliphatic heterocycles. The van der Waals surface area contributed by atoms with Gasteiger partial charge >= 0.3 is 6.09 Å². The Bertz CT molecular complexity index is 828. The average Bonchev–Trinajstić information content (AvgIpc) is 2.78. The van der Waals surface area contributed by atoms with Crippen molar-refractivity contribution < 1.29 is 9.53 Å². The number of carbonyl (C=O) groups excluding carboxylic acids is 1. The molecule has 0 saturated carbocycles. The van der Waals surface area contributed by atoms with E-state index < -0.39 is 6.09 Å². The fourth-order valence-corrected chi connectivity index (χ4v) is 4.17. The Morgan fingerprint density at radius 1 is 0.781 bits per heavy atom. The minimum absolute atomic E-state index is 0.411. The Morgan fingerprint density at radius 3 is 2.09 bits per heavy atom. The van der Waals surface area contributed by atoms with Gasteiger partial charge in [-0.3, -0.25) is 5.32 Å². The van der Waals surface area contributed by atoms with Crippen LogP contribution in [-0.4, -0.2) is 6.09 Å². The van der Waals surface area contributed by atoms with E-state index in [4.69, 9.17) is 4.74 Å². The predicted molar refractivity (Wildman–Crippen MR) is 137 cm³/mol. The van der Waals surface area contributed by atoms with E-state index in [9.17, 15) is 4.79 Å². The molecule has 3 heteroatoms. The first kappa shape index (κ1) is 26.0. The van der Waals surface area contributed by atoms with E-state index in [2.05, 4.69) is 25.2 Å². The smallest absolute Gasteiger partial charge is 0.410 e. The lowest BCUT2D eigenvalue weighted by Gasteiger charge is -2.16. The maximum absolute atomic E-state index is 12.7. The normalized spacial score (nSPS) is 10.9. The molecule has 1 amide bonds. The molecule has 0 unspecified atom stereocenters. The number of rotatable bonds is 14. The van der Waals surface area contributed by atoms with Crippen LogP contribution in [0.15, 0.2) is 36.4 Å². The SMILES string of the molecule is CCCCCCCc1cccc(OC(=O)Nc2cccc(C)c2C)c1CCCCCCC. The first-order valence-electron chi connectivity index (χ1n) is 12.7. The van der Waals surface area contributed by atoms with Crippen LogP contribution in [0.3, 0.4) is 0 Å². The van der Waals surface area contributed by atoms with Crippen molar-refractivity contribution in [1.29, 1.82) is 0 Å². The highest BCUT2D eigenvalue weighted by atomic mass is 16.6. The number of carbonyl (C=O) groups is 1. The highest BCUT2D eigenvalue weighted by Gasteiger charge is 2.14. The molecule has 176 valence electrons. The van der Waals surface area contributed by atoms with Gasteiger partial charge in [0, 0.05) is 5.69 Å². The van der Waals surface area contributed by atoms with E-state index in [1.165, 1.54) is 68.9 Å². The van der Waals surface area contributed by atoms with Crippen molar-refractivity contribution >= 4 is 11.8 Å². The third-order valence-corrected chi connectivity index (χ3v) is 6.35. The molecular weight excluding hydrogens is 394 g/mol. The van der Waals surface area contributed by atoms with Crippen LogP contribution in [0.5, 0.6) is 5.75 Å². The van der Waals surface area contributed by atoms with Crippen LogP contribution in [0, 0.1) is 13.8 Å². The number of hydrogen-bond acceptors (Lipinski definition) is 2. The second-order valence-corrected chi connectivity index (χ2v) is 8.98. The average molecular weight is 438 g/mol. The molecule has 1 N–H and O–H groups in total. The van der Waals surface area contributed by atoms with Crippen molar-refractivity contribution in [3.63, 3.8) is 0 Å². The molecule has 0 spiro atoms. The van der Waals surface area contributed by atoms with Crippen molar-refractivity contribution in [2.75, 3.05) is 5.32 Å². The summed E-state index contributed by atoms with van der Waals surface area (Å²) in [5, 5.41) is 2.94. The number of anilines is 1. The molecule has 2 aromatic carbocycles. The molecule has 0 aromatic heterocycles. The summed E-state index contributed by atoms with van der Waals surface area (Å²) in [6.07, 6.45) is 14.2. The molecule has 0 aliphatic rings. The Labute approximate surface area is 196 Å². The predicted octanol–water partition coefficient (Wildman–Crippen LogP) is 8.94. The molecule has 0 saturated heterocycles. The van der Waals surface area contributed by atoms with E-state index in [0.717, 1.165) is 36.1 Å². The number of hydrogen-bond donors (Lipinski definition) is 1. The summed E-state index contributed by atoms with van der Waals surface area (Å²) in [5.74, 6) is 0.717. The van der Waals surface area contributed by atoms with Crippen LogP contribution in [0.25, 0.3) is 0 Å². The molecule has 2 rings (SSSR count). The van der Waals surface area contributed by atoms with Crippen LogP contribution in [0.1, 0.15) is 100 Å². The van der Waals surface area contributed by atoms with Crippen molar-refractivity contribution in [2.45, 2.75) is 105 Å². The Morgan fingerprint density at radius 2 is 1.41 bits per heavy atom. The van der Waals surface area contributed by atoms with Gasteiger partial charge in [0.25, 0.3) is 0 Å². The van der Waals surface area contributed by atoms with Crippen LogP contribution in [-0.2, 0) is 12.8 Å². The number of unbranched alkanes of at least 4 members (excludes halogenated alkanes) is 8. The number of nitrogens with one attached hydrogen (secondary N) is 1. The number of benzene rings is 2. The lowest BCUT2D eigenvalue weighted by Crippen LogP contribution is -2.18. The van der Waals surface area contributed by atoms with Gasteiger partial charge in [-0.2, -0.15) is 0 Å². The van der Waals surface area contributed by atoms with Gasteiger partial charge in [-0.25, -0.2) is 4.79 Å². The van der Waals surface area contributed by atoms with E-state index in [1.54, 1.807) is 0 Å². The quantitative estimate of drug-likeness (QED) is 0.299. The molecular formula is C29H43NO2. The first-order valence-corrected chi connectivity index (χ1v) is 12.7. The molecule has 0 aliphatic carbocycles. The molecule has 0 atom stereocenters. The number of amides is 1. The number of ether oxygens (including phenoxy) is 1. The monoisotopic (exact) mass is 437 g/mol. The van der Waals surface area contributed by atoms with E-state index in [0.29, 0.717) is 5.75 Å². The molecule has 0 fully saturated rings. The lowest BCUT2D eigenvalue weighted by atomic mass is 9.95. The van der Waals surface area contributed by atoms with E-state index >= 15 is 0 Å². The van der Waals surface area contributed by atoms with Crippen LogP contribution in [0.4, 0.5) is 10.5 Å². The van der Waals surface area contributed by atoms with Crippen molar-refractivity contribution in [3.8, 4) is 5.75 Å². The molecule has 0 bridgehead atoms. The fraction of sp³-hybridized carbons (Fsp3) is 0.552. The second kappa shape index (κ2) is 14.7. The minimum Gasteiger partial charge on any atom is -0.410 e. The highest BCUT2D eigenvalue weighted by Crippen LogP contribution is 2.28. The molecule has 32 heavy (non-hydrogen) atoms. The fourth-order valence-electron chi connectivity index (χ4n) is 4.17. The zero-order valence-electron chi connectivity index (χ0n) is 20.8. The minimum atomic E-state index is -0.411. The maximum atomic E-state index is 12.7. The maximum Gasteiger partial charge on any atom is 0.417 e. The standard InChI is InChI=1S/C29H43NO2/c1-5-7-9-11-13-18-25-19-16-22-28(26(25)20-14-12-10-8-6-2)32-29(31)30-27-21-15-17-23(3)24(27)4/h15-17,19,21-22H,5-14,18,20H2,1-4H3,(H,30,31). The Hall–Kier alpha value is -2.29. The Kier molecular flexibility index (Phi) is 11.9. The summed E-state index contributed by atoms with van der Waals surface area (Å²) in [7, 11) is 0. The molecule has 3 nitrogen and oxygen atoms in total. The topological polar surface area (TPSA) is 38.3 Å². The van der Waals surface area contributed by atoms with Crippen LogP contribution >= 0.6 is 0 Å². The van der Waals surface area contributed by atoms with Crippen molar-refractivity contribution in [1.82, 2.24) is 0 Å². The second-order valence-electron chi connectivity index (χ2n) is 8.98. The van der Waals surface area contributed by atoms with Crippen molar-refractivity contribution in [3.05, 3.63) is 58.7 Å². The Balaban J connectivity index is 2.09. The van der Waals surface area contributed by atoms with Gasteiger partial charge in [-0.15, -0.1) is 0 Å². The van der Waals surface area contributed by atoms with Gasteiger partial charge in [0.2, 0.25) is 0 Å². The van der Waals surface area contributed by atoms with Gasteiger partial charge in [0.15, 0.2) is 0 Å².